The van der Waals surface area contributed by atoms with E-state index in [-0.39, 0.29) is 6.61 Å². The maximum atomic E-state index is 13.7. The predicted octanol–water partition coefficient (Wildman–Crippen LogP) is 4.43. The number of nitrogens with one attached hydrogen (secondary N) is 1. The Morgan fingerprint density at radius 2 is 2.00 bits per heavy atom. The van der Waals surface area contributed by atoms with E-state index in [4.69, 9.17) is 4.74 Å². The van der Waals surface area contributed by atoms with Gasteiger partial charge in [0.1, 0.15) is 16.6 Å². The first-order valence-electron chi connectivity index (χ1n) is 12.4. The summed E-state index contributed by atoms with van der Waals surface area (Å²) in [6.45, 7) is 9.40. The molecule has 1 aliphatic carbocycles. The summed E-state index contributed by atoms with van der Waals surface area (Å²) >= 11 is 1.40. The minimum absolute atomic E-state index is 0.250. The summed E-state index contributed by atoms with van der Waals surface area (Å²) in [6, 6.07) is 5.01. The van der Waals surface area contributed by atoms with Crippen LogP contribution < -0.4 is 10.9 Å². The number of ether oxygens (including phenoxy) is 1. The van der Waals surface area contributed by atoms with Gasteiger partial charge in [0.05, 0.1) is 29.7 Å². The molecule has 0 fully saturated rings. The van der Waals surface area contributed by atoms with Crippen LogP contribution in [0.5, 0.6) is 0 Å². The van der Waals surface area contributed by atoms with Crippen LogP contribution in [0.1, 0.15) is 63.9 Å². The fourth-order valence-corrected chi connectivity index (χ4v) is 6.20. The fourth-order valence-electron chi connectivity index (χ4n) is 4.92. The lowest BCUT2D eigenvalue weighted by molar-refractivity contribution is -0.119. The molecule has 0 aliphatic heterocycles. The summed E-state index contributed by atoms with van der Waals surface area (Å²) in [7, 11) is 0. The SMILES string of the molecule is CCOC(=O)c1c(NC(=O)C(C)n2nc(C)c3cnn(-c4ccc(C)cc4C)c3c2=O)sc2c1CCC2. The van der Waals surface area contributed by atoms with Crippen molar-refractivity contribution in [2.45, 2.75) is 59.9 Å². The van der Waals surface area contributed by atoms with E-state index >= 15 is 0 Å². The van der Waals surface area contributed by atoms with Crippen molar-refractivity contribution >= 4 is 39.1 Å². The monoisotopic (exact) mass is 519 g/mol. The van der Waals surface area contributed by atoms with Gasteiger partial charge in [-0.3, -0.25) is 9.59 Å². The Kier molecular flexibility index (Phi) is 6.45. The van der Waals surface area contributed by atoms with Crippen LogP contribution in [0.2, 0.25) is 0 Å². The molecule has 0 saturated heterocycles. The lowest BCUT2D eigenvalue weighted by Gasteiger charge is -2.16. The van der Waals surface area contributed by atoms with Gasteiger partial charge in [-0.25, -0.2) is 14.2 Å². The second kappa shape index (κ2) is 9.59. The summed E-state index contributed by atoms with van der Waals surface area (Å²) in [5.74, 6) is -0.869. The van der Waals surface area contributed by atoms with Crippen molar-refractivity contribution < 1.29 is 14.3 Å². The molecule has 1 atom stereocenters. The van der Waals surface area contributed by atoms with Gasteiger partial charge in [-0.05, 0) is 71.1 Å². The zero-order valence-electron chi connectivity index (χ0n) is 21.5. The van der Waals surface area contributed by atoms with Crippen LogP contribution in [0.3, 0.4) is 0 Å². The van der Waals surface area contributed by atoms with Crippen LogP contribution in [0.15, 0.2) is 29.2 Å². The number of hydrogen-bond acceptors (Lipinski definition) is 7. The normalized spacial score (nSPS) is 13.5. The quantitative estimate of drug-likeness (QED) is 0.378. The van der Waals surface area contributed by atoms with Gasteiger partial charge < -0.3 is 10.1 Å². The lowest BCUT2D eigenvalue weighted by Crippen LogP contribution is -2.34. The van der Waals surface area contributed by atoms with E-state index in [2.05, 4.69) is 15.5 Å². The summed E-state index contributed by atoms with van der Waals surface area (Å²) in [5, 5.41) is 12.9. The van der Waals surface area contributed by atoms with Gasteiger partial charge in [0.25, 0.3) is 5.56 Å². The Balaban J connectivity index is 1.53. The van der Waals surface area contributed by atoms with E-state index in [1.807, 2.05) is 32.0 Å². The molecule has 37 heavy (non-hydrogen) atoms. The smallest absolute Gasteiger partial charge is 0.341 e. The molecule has 1 aromatic carbocycles. The standard InChI is InChI=1S/C27H29N5O4S/c1-6-36-27(35)22-18-8-7-9-21(18)37-25(22)29-24(33)17(5)31-26(34)23-19(16(4)30-31)13-28-32(23)20-11-10-14(2)12-15(20)3/h10-13,17H,6-9H2,1-5H3,(H,29,33). The number of thiophene rings is 1. The lowest BCUT2D eigenvalue weighted by atomic mass is 10.1. The van der Waals surface area contributed by atoms with E-state index in [0.29, 0.717) is 27.2 Å². The maximum absolute atomic E-state index is 13.7. The Bertz CT molecular complexity index is 1610. The molecule has 0 radical (unpaired) electrons. The highest BCUT2D eigenvalue weighted by Gasteiger charge is 2.30. The number of rotatable bonds is 6. The van der Waals surface area contributed by atoms with E-state index in [9.17, 15) is 14.4 Å². The van der Waals surface area contributed by atoms with Crippen molar-refractivity contribution in [1.29, 1.82) is 0 Å². The van der Waals surface area contributed by atoms with Gasteiger partial charge in [0.15, 0.2) is 0 Å². The summed E-state index contributed by atoms with van der Waals surface area (Å²) in [5.41, 5.74) is 4.80. The Hall–Kier alpha value is -3.79. The van der Waals surface area contributed by atoms with Crippen molar-refractivity contribution in [3.63, 3.8) is 0 Å². The number of fused-ring (bicyclic) bond motifs is 2. The third-order valence-electron chi connectivity index (χ3n) is 6.79. The summed E-state index contributed by atoms with van der Waals surface area (Å²) in [6.07, 6.45) is 4.26. The van der Waals surface area contributed by atoms with Crippen LogP contribution in [0.25, 0.3) is 16.6 Å². The van der Waals surface area contributed by atoms with Gasteiger partial charge in [0, 0.05) is 10.3 Å². The molecular weight excluding hydrogens is 490 g/mol. The molecule has 192 valence electrons. The number of anilines is 1. The molecule has 0 spiro atoms. The molecule has 1 unspecified atom stereocenters. The molecule has 3 heterocycles. The first-order chi connectivity index (χ1) is 17.7. The number of carbonyl (C=O) groups is 2. The number of aromatic nitrogens is 4. The molecule has 3 aromatic heterocycles. The van der Waals surface area contributed by atoms with Crippen molar-refractivity contribution in [2.24, 2.45) is 0 Å². The number of aryl methyl sites for hydroxylation is 4. The Labute approximate surface area is 218 Å². The maximum Gasteiger partial charge on any atom is 0.341 e. The first kappa shape index (κ1) is 24.9. The average molecular weight is 520 g/mol. The molecule has 0 saturated carbocycles. The number of benzene rings is 1. The highest BCUT2D eigenvalue weighted by Crippen LogP contribution is 2.39. The third-order valence-corrected chi connectivity index (χ3v) is 8.00. The number of amides is 1. The van der Waals surface area contributed by atoms with E-state index in [0.717, 1.165) is 46.5 Å². The van der Waals surface area contributed by atoms with E-state index in [1.54, 1.807) is 31.6 Å². The highest BCUT2D eigenvalue weighted by molar-refractivity contribution is 7.17. The van der Waals surface area contributed by atoms with E-state index in [1.165, 1.54) is 16.0 Å². The van der Waals surface area contributed by atoms with Crippen molar-refractivity contribution in [3.05, 3.63) is 67.6 Å². The fraction of sp³-hybridized carbons (Fsp3) is 0.370. The zero-order valence-corrected chi connectivity index (χ0v) is 22.4. The number of hydrogen-bond donors (Lipinski definition) is 1. The molecule has 0 bridgehead atoms. The van der Waals surface area contributed by atoms with Crippen LogP contribution in [-0.4, -0.2) is 38.0 Å². The van der Waals surface area contributed by atoms with Gasteiger partial charge >= 0.3 is 5.97 Å². The number of carbonyl (C=O) groups excluding carboxylic acids is 2. The summed E-state index contributed by atoms with van der Waals surface area (Å²) in [4.78, 5) is 40.8. The van der Waals surface area contributed by atoms with Crippen LogP contribution in [-0.2, 0) is 22.4 Å². The minimum Gasteiger partial charge on any atom is -0.462 e. The predicted molar refractivity (Wildman–Crippen MR) is 143 cm³/mol. The van der Waals surface area contributed by atoms with Gasteiger partial charge in [-0.2, -0.15) is 10.2 Å². The number of esters is 1. The third kappa shape index (κ3) is 4.25. The molecule has 1 N–H and O–H groups in total. The van der Waals surface area contributed by atoms with Gasteiger partial charge in [0.2, 0.25) is 5.91 Å². The molecule has 10 heteroatoms. The first-order valence-corrected chi connectivity index (χ1v) is 13.2. The highest BCUT2D eigenvalue weighted by atomic mass is 32.1. The van der Waals surface area contributed by atoms with Crippen molar-refractivity contribution in [3.8, 4) is 5.69 Å². The van der Waals surface area contributed by atoms with Crippen molar-refractivity contribution in [1.82, 2.24) is 19.6 Å². The molecule has 5 rings (SSSR count). The largest absolute Gasteiger partial charge is 0.462 e. The second-order valence-corrected chi connectivity index (χ2v) is 10.5. The van der Waals surface area contributed by atoms with Gasteiger partial charge in [-0.1, -0.05) is 17.7 Å². The summed E-state index contributed by atoms with van der Waals surface area (Å²) < 4.78 is 8.07. The molecule has 4 aromatic rings. The van der Waals surface area contributed by atoms with Crippen LogP contribution >= 0.6 is 11.3 Å². The molecule has 9 nitrogen and oxygen atoms in total. The Morgan fingerprint density at radius 1 is 1.22 bits per heavy atom. The molecular formula is C27H29N5O4S. The van der Waals surface area contributed by atoms with Gasteiger partial charge in [-0.15, -0.1) is 11.3 Å². The molecule has 1 aliphatic rings. The average Bonchev–Trinajstić information content (AvgIpc) is 3.56. The van der Waals surface area contributed by atoms with Crippen LogP contribution in [0, 0.1) is 20.8 Å². The topological polar surface area (TPSA) is 108 Å². The van der Waals surface area contributed by atoms with Crippen molar-refractivity contribution in [2.75, 3.05) is 11.9 Å². The van der Waals surface area contributed by atoms with E-state index < -0.39 is 23.5 Å². The molecule has 1 amide bonds. The zero-order chi connectivity index (χ0) is 26.4. The second-order valence-electron chi connectivity index (χ2n) is 9.39. The van der Waals surface area contributed by atoms with Crippen LogP contribution in [0.4, 0.5) is 5.00 Å². The Morgan fingerprint density at radius 3 is 2.73 bits per heavy atom. The minimum atomic E-state index is -0.926. The number of nitrogens with zero attached hydrogens (tertiary/aromatic N) is 4.